The summed E-state index contributed by atoms with van der Waals surface area (Å²) in [5.74, 6) is 0.413. The number of urea groups is 1. The summed E-state index contributed by atoms with van der Waals surface area (Å²) in [5.41, 5.74) is 1.75. The van der Waals surface area contributed by atoms with Gasteiger partial charge in [0.05, 0.1) is 25.2 Å². The van der Waals surface area contributed by atoms with Crippen molar-refractivity contribution < 1.29 is 9.59 Å². The Morgan fingerprint density at radius 1 is 1.45 bits per heavy atom. The van der Waals surface area contributed by atoms with E-state index < -0.39 is 0 Å². The van der Waals surface area contributed by atoms with Gasteiger partial charge in [-0.1, -0.05) is 6.07 Å². The number of H-pyrrole nitrogens is 1. The van der Waals surface area contributed by atoms with Crippen LogP contribution in [0.4, 0.5) is 10.6 Å². The summed E-state index contributed by atoms with van der Waals surface area (Å²) in [4.78, 5) is 26.6. The first kappa shape index (κ1) is 14.6. The van der Waals surface area contributed by atoms with Crippen LogP contribution in [0.1, 0.15) is 23.1 Å². The molecule has 0 aromatic carbocycles. The largest absolute Gasteiger partial charge is 0.338 e. The third-order valence-electron chi connectivity index (χ3n) is 3.44. The molecule has 0 aliphatic carbocycles. The molecule has 3 N–H and O–H groups in total. The minimum Gasteiger partial charge on any atom is -0.338 e. The second-order valence-electron chi connectivity index (χ2n) is 5.03. The van der Waals surface area contributed by atoms with Gasteiger partial charge in [-0.2, -0.15) is 5.10 Å². The Hall–Kier alpha value is -2.35. The molecule has 0 bridgehead atoms. The number of aromatic nitrogens is 2. The first-order valence-electron chi connectivity index (χ1n) is 7.08. The number of hydrogen-bond donors (Lipinski definition) is 3. The van der Waals surface area contributed by atoms with E-state index in [9.17, 15) is 9.59 Å². The van der Waals surface area contributed by atoms with Gasteiger partial charge in [0.25, 0.3) is 0 Å². The molecule has 0 atom stereocenters. The van der Waals surface area contributed by atoms with E-state index in [4.69, 9.17) is 0 Å². The molecule has 3 amide bonds. The van der Waals surface area contributed by atoms with Gasteiger partial charge in [-0.25, -0.2) is 4.79 Å². The molecule has 8 heteroatoms. The molecule has 1 aliphatic heterocycles. The maximum absolute atomic E-state index is 12.0. The number of aromatic amines is 1. The number of nitrogens with one attached hydrogen (secondary N) is 3. The lowest BCUT2D eigenvalue weighted by Crippen LogP contribution is -2.36. The fraction of sp³-hybridized carbons (Fsp3) is 0.357. The monoisotopic (exact) mass is 319 g/mol. The summed E-state index contributed by atoms with van der Waals surface area (Å²) in [7, 11) is 0. The SMILES string of the molecule is CCNC(=O)N1Cc2[nH]nc(NC(=O)Cc3cccs3)c2C1. The number of carbonyl (C=O) groups is 2. The molecule has 2 aromatic rings. The van der Waals surface area contributed by atoms with E-state index in [-0.39, 0.29) is 11.9 Å². The maximum atomic E-state index is 12.0. The van der Waals surface area contributed by atoms with Crippen molar-refractivity contribution in [3.63, 3.8) is 0 Å². The molecule has 3 heterocycles. The fourth-order valence-corrected chi connectivity index (χ4v) is 3.10. The number of thiophene rings is 1. The van der Waals surface area contributed by atoms with E-state index in [1.807, 2.05) is 24.4 Å². The van der Waals surface area contributed by atoms with Gasteiger partial charge in [0.2, 0.25) is 5.91 Å². The lowest BCUT2D eigenvalue weighted by Gasteiger charge is -2.15. The molecule has 0 fully saturated rings. The minimum atomic E-state index is -0.108. The Kier molecular flexibility index (Phi) is 4.10. The standard InChI is InChI=1S/C14H17N5O2S/c1-2-15-14(21)19-7-10-11(8-19)17-18-13(10)16-12(20)6-9-4-3-5-22-9/h3-5H,2,6-8H2,1H3,(H,15,21)(H2,16,17,18,20). The number of nitrogens with zero attached hydrogens (tertiary/aromatic N) is 2. The summed E-state index contributed by atoms with van der Waals surface area (Å²) in [6.07, 6.45) is 0.333. The smallest absolute Gasteiger partial charge is 0.318 e. The average molecular weight is 319 g/mol. The topological polar surface area (TPSA) is 90.1 Å². The molecule has 7 nitrogen and oxygen atoms in total. The quantitative estimate of drug-likeness (QED) is 0.801. The average Bonchev–Trinajstić information content (AvgIpc) is 3.17. The summed E-state index contributed by atoms with van der Waals surface area (Å²) in [5, 5.41) is 14.6. The van der Waals surface area contributed by atoms with Crippen LogP contribution in [-0.2, 0) is 24.3 Å². The summed E-state index contributed by atoms with van der Waals surface area (Å²) in [6.45, 7) is 3.40. The zero-order chi connectivity index (χ0) is 15.5. The van der Waals surface area contributed by atoms with Crippen molar-refractivity contribution in [2.45, 2.75) is 26.4 Å². The van der Waals surface area contributed by atoms with Crippen LogP contribution in [0, 0.1) is 0 Å². The number of amides is 3. The van der Waals surface area contributed by atoms with Gasteiger partial charge in [0.1, 0.15) is 0 Å². The van der Waals surface area contributed by atoms with Crippen molar-refractivity contribution >= 4 is 29.1 Å². The number of rotatable bonds is 4. The predicted octanol–water partition coefficient (Wildman–Crippen LogP) is 1.70. The first-order valence-corrected chi connectivity index (χ1v) is 7.96. The highest BCUT2D eigenvalue weighted by Crippen LogP contribution is 2.27. The van der Waals surface area contributed by atoms with E-state index >= 15 is 0 Å². The zero-order valence-electron chi connectivity index (χ0n) is 12.2. The molecule has 2 aromatic heterocycles. The van der Waals surface area contributed by atoms with Gasteiger partial charge < -0.3 is 15.5 Å². The second-order valence-corrected chi connectivity index (χ2v) is 6.06. The highest BCUT2D eigenvalue weighted by Gasteiger charge is 2.28. The van der Waals surface area contributed by atoms with Gasteiger partial charge in [0, 0.05) is 17.0 Å². The molecule has 0 saturated heterocycles. The van der Waals surface area contributed by atoms with E-state index in [0.29, 0.717) is 31.9 Å². The minimum absolute atomic E-state index is 0.104. The Morgan fingerprint density at radius 3 is 3.05 bits per heavy atom. The molecule has 116 valence electrons. The van der Waals surface area contributed by atoms with Crippen LogP contribution in [0.25, 0.3) is 0 Å². The molecular weight excluding hydrogens is 302 g/mol. The van der Waals surface area contributed by atoms with Gasteiger partial charge in [-0.3, -0.25) is 9.89 Å². The van der Waals surface area contributed by atoms with Gasteiger partial charge in [0.15, 0.2) is 5.82 Å². The van der Waals surface area contributed by atoms with Crippen molar-refractivity contribution in [3.8, 4) is 0 Å². The van der Waals surface area contributed by atoms with Crippen LogP contribution >= 0.6 is 11.3 Å². The molecule has 1 aliphatic rings. The van der Waals surface area contributed by atoms with Crippen LogP contribution in [-0.4, -0.2) is 33.6 Å². The fourth-order valence-electron chi connectivity index (χ4n) is 2.40. The lowest BCUT2D eigenvalue weighted by molar-refractivity contribution is -0.115. The summed E-state index contributed by atoms with van der Waals surface area (Å²) >= 11 is 1.55. The molecule has 3 rings (SSSR count). The van der Waals surface area contributed by atoms with Crippen molar-refractivity contribution in [2.24, 2.45) is 0 Å². The molecule has 0 radical (unpaired) electrons. The third kappa shape index (κ3) is 2.96. The second kappa shape index (κ2) is 6.18. The van der Waals surface area contributed by atoms with E-state index in [2.05, 4.69) is 20.8 Å². The Balaban J connectivity index is 1.64. The van der Waals surface area contributed by atoms with Gasteiger partial charge >= 0.3 is 6.03 Å². The van der Waals surface area contributed by atoms with E-state index in [1.54, 1.807) is 16.2 Å². The van der Waals surface area contributed by atoms with Crippen molar-refractivity contribution in [1.29, 1.82) is 0 Å². The molecular formula is C14H17N5O2S. The van der Waals surface area contributed by atoms with Crippen molar-refractivity contribution in [2.75, 3.05) is 11.9 Å². The number of anilines is 1. The Morgan fingerprint density at radius 2 is 2.32 bits per heavy atom. The Labute approximate surface area is 131 Å². The Bertz CT molecular complexity index is 679. The third-order valence-corrected chi connectivity index (χ3v) is 4.32. The van der Waals surface area contributed by atoms with Crippen LogP contribution in [0.15, 0.2) is 17.5 Å². The van der Waals surface area contributed by atoms with Crippen LogP contribution in [0.5, 0.6) is 0 Å². The first-order chi connectivity index (χ1) is 10.7. The van der Waals surface area contributed by atoms with Gasteiger partial charge in [-0.15, -0.1) is 11.3 Å². The molecule has 0 unspecified atom stereocenters. The van der Waals surface area contributed by atoms with Crippen LogP contribution in [0.2, 0.25) is 0 Å². The number of hydrogen-bond acceptors (Lipinski definition) is 4. The molecule has 0 saturated carbocycles. The number of fused-ring (bicyclic) bond motifs is 1. The van der Waals surface area contributed by atoms with Gasteiger partial charge in [-0.05, 0) is 18.4 Å². The molecule has 0 spiro atoms. The van der Waals surface area contributed by atoms with Crippen molar-refractivity contribution in [1.82, 2.24) is 20.4 Å². The lowest BCUT2D eigenvalue weighted by atomic mass is 10.2. The summed E-state index contributed by atoms with van der Waals surface area (Å²) < 4.78 is 0. The van der Waals surface area contributed by atoms with Crippen LogP contribution in [0.3, 0.4) is 0 Å². The molecule has 22 heavy (non-hydrogen) atoms. The maximum Gasteiger partial charge on any atom is 0.318 e. The summed E-state index contributed by atoms with van der Waals surface area (Å²) in [6, 6.07) is 3.74. The van der Waals surface area contributed by atoms with E-state index in [1.165, 1.54) is 0 Å². The van der Waals surface area contributed by atoms with Crippen LogP contribution < -0.4 is 10.6 Å². The highest BCUT2D eigenvalue weighted by molar-refractivity contribution is 7.10. The number of carbonyl (C=O) groups excluding carboxylic acids is 2. The van der Waals surface area contributed by atoms with E-state index in [0.717, 1.165) is 16.1 Å². The predicted molar refractivity (Wildman–Crippen MR) is 83.6 cm³/mol. The van der Waals surface area contributed by atoms with Crippen molar-refractivity contribution in [3.05, 3.63) is 33.6 Å². The highest BCUT2D eigenvalue weighted by atomic mass is 32.1. The zero-order valence-corrected chi connectivity index (χ0v) is 13.0. The normalized spacial score (nSPS) is 13.0.